The predicted molar refractivity (Wildman–Crippen MR) is 48.5 cm³/mol. The Morgan fingerprint density at radius 3 is 2.55 bits per heavy atom. The lowest BCUT2D eigenvalue weighted by Gasteiger charge is -2.11. The van der Waals surface area contributed by atoms with E-state index in [4.69, 9.17) is 5.73 Å². The summed E-state index contributed by atoms with van der Waals surface area (Å²) in [5.41, 5.74) is 5.32. The zero-order valence-electron chi connectivity index (χ0n) is 7.13. The Morgan fingerprint density at radius 2 is 1.91 bits per heavy atom. The van der Waals surface area contributed by atoms with E-state index in [0.717, 1.165) is 6.42 Å². The van der Waals surface area contributed by atoms with Crippen LogP contribution in [0.3, 0.4) is 0 Å². The van der Waals surface area contributed by atoms with Gasteiger partial charge in [0.05, 0.1) is 0 Å². The molecule has 64 valence electrons. The second-order valence-electron chi connectivity index (χ2n) is 3.04. The standard InChI is InChI=1S/C9H18N2/c10-6-2-1-3-7-11-8-4-5-9-11/h1-2H,3-10H2/b2-1-. The van der Waals surface area contributed by atoms with Crippen LogP contribution in [0.15, 0.2) is 12.2 Å². The normalized spacial score (nSPS) is 20.1. The van der Waals surface area contributed by atoms with E-state index in [1.54, 1.807) is 0 Å². The summed E-state index contributed by atoms with van der Waals surface area (Å²) in [5, 5.41) is 0. The molecule has 0 aromatic heterocycles. The van der Waals surface area contributed by atoms with E-state index in [1.165, 1.54) is 32.5 Å². The Hall–Kier alpha value is -0.340. The van der Waals surface area contributed by atoms with E-state index in [-0.39, 0.29) is 0 Å². The fraction of sp³-hybridized carbons (Fsp3) is 0.778. The second-order valence-corrected chi connectivity index (χ2v) is 3.04. The Labute approximate surface area is 69.1 Å². The van der Waals surface area contributed by atoms with Gasteiger partial charge in [0, 0.05) is 13.1 Å². The Balaban J connectivity index is 1.97. The first-order valence-corrected chi connectivity index (χ1v) is 4.51. The van der Waals surface area contributed by atoms with Gasteiger partial charge in [-0.15, -0.1) is 0 Å². The summed E-state index contributed by atoms with van der Waals surface area (Å²) >= 11 is 0. The van der Waals surface area contributed by atoms with Gasteiger partial charge in [0.15, 0.2) is 0 Å². The molecule has 1 rings (SSSR count). The third-order valence-electron chi connectivity index (χ3n) is 2.11. The number of likely N-dealkylation sites (tertiary alicyclic amines) is 1. The van der Waals surface area contributed by atoms with Crippen molar-refractivity contribution >= 4 is 0 Å². The van der Waals surface area contributed by atoms with Gasteiger partial charge in [-0.25, -0.2) is 0 Å². The third kappa shape index (κ3) is 3.54. The topological polar surface area (TPSA) is 29.3 Å². The van der Waals surface area contributed by atoms with E-state index >= 15 is 0 Å². The highest BCUT2D eigenvalue weighted by Crippen LogP contribution is 2.07. The molecule has 1 heterocycles. The summed E-state index contributed by atoms with van der Waals surface area (Å²) in [6, 6.07) is 0. The SMILES string of the molecule is NC/C=C\CCN1CCCC1. The van der Waals surface area contributed by atoms with Crippen LogP contribution in [0.5, 0.6) is 0 Å². The predicted octanol–water partition coefficient (Wildman–Crippen LogP) is 0.987. The van der Waals surface area contributed by atoms with Gasteiger partial charge in [-0.2, -0.15) is 0 Å². The van der Waals surface area contributed by atoms with Crippen molar-refractivity contribution in [1.82, 2.24) is 4.90 Å². The minimum absolute atomic E-state index is 0.681. The molecule has 2 heteroatoms. The van der Waals surface area contributed by atoms with E-state index in [0.29, 0.717) is 6.54 Å². The molecule has 0 aromatic carbocycles. The van der Waals surface area contributed by atoms with Crippen molar-refractivity contribution in [1.29, 1.82) is 0 Å². The zero-order valence-corrected chi connectivity index (χ0v) is 7.13. The van der Waals surface area contributed by atoms with Crippen LogP contribution in [0.2, 0.25) is 0 Å². The maximum absolute atomic E-state index is 5.32. The molecule has 0 unspecified atom stereocenters. The van der Waals surface area contributed by atoms with Crippen LogP contribution in [0.1, 0.15) is 19.3 Å². The average Bonchev–Trinajstić information content (AvgIpc) is 2.50. The number of nitrogens with two attached hydrogens (primary N) is 1. The summed E-state index contributed by atoms with van der Waals surface area (Å²) in [5.74, 6) is 0. The summed E-state index contributed by atoms with van der Waals surface area (Å²) in [6.45, 7) is 4.50. The molecule has 0 aliphatic carbocycles. The highest BCUT2D eigenvalue weighted by atomic mass is 15.1. The molecule has 0 saturated carbocycles. The molecule has 1 aliphatic heterocycles. The second kappa shape index (κ2) is 5.33. The summed E-state index contributed by atoms with van der Waals surface area (Å²) in [6.07, 6.45) is 8.16. The van der Waals surface area contributed by atoms with Gasteiger partial charge in [-0.05, 0) is 32.4 Å². The van der Waals surface area contributed by atoms with Crippen LogP contribution in [0, 0.1) is 0 Å². The first-order valence-electron chi connectivity index (χ1n) is 4.51. The molecule has 11 heavy (non-hydrogen) atoms. The number of hydrogen-bond donors (Lipinski definition) is 1. The van der Waals surface area contributed by atoms with Gasteiger partial charge in [0.1, 0.15) is 0 Å². The van der Waals surface area contributed by atoms with E-state index < -0.39 is 0 Å². The minimum atomic E-state index is 0.681. The van der Waals surface area contributed by atoms with Crippen LogP contribution in [-0.2, 0) is 0 Å². The molecule has 0 amide bonds. The van der Waals surface area contributed by atoms with Crippen molar-refractivity contribution in [2.75, 3.05) is 26.2 Å². The van der Waals surface area contributed by atoms with Crippen molar-refractivity contribution in [3.05, 3.63) is 12.2 Å². The van der Waals surface area contributed by atoms with Crippen molar-refractivity contribution < 1.29 is 0 Å². The fourth-order valence-corrected chi connectivity index (χ4v) is 1.48. The molecule has 0 bridgehead atoms. The molecule has 2 N–H and O–H groups in total. The van der Waals surface area contributed by atoms with Crippen LogP contribution in [0.4, 0.5) is 0 Å². The Morgan fingerprint density at radius 1 is 1.18 bits per heavy atom. The summed E-state index contributed by atoms with van der Waals surface area (Å²) < 4.78 is 0. The molecule has 0 atom stereocenters. The maximum atomic E-state index is 5.32. The number of nitrogens with zero attached hydrogens (tertiary/aromatic N) is 1. The van der Waals surface area contributed by atoms with Gasteiger partial charge >= 0.3 is 0 Å². The van der Waals surface area contributed by atoms with Crippen molar-refractivity contribution in [3.63, 3.8) is 0 Å². The van der Waals surface area contributed by atoms with Gasteiger partial charge in [-0.1, -0.05) is 12.2 Å². The highest BCUT2D eigenvalue weighted by molar-refractivity contribution is 4.83. The molecule has 0 radical (unpaired) electrons. The Kier molecular flexibility index (Phi) is 4.24. The van der Waals surface area contributed by atoms with Crippen LogP contribution >= 0.6 is 0 Å². The van der Waals surface area contributed by atoms with Crippen LogP contribution < -0.4 is 5.73 Å². The number of rotatable bonds is 4. The van der Waals surface area contributed by atoms with Crippen molar-refractivity contribution in [2.45, 2.75) is 19.3 Å². The van der Waals surface area contributed by atoms with Crippen LogP contribution in [0.25, 0.3) is 0 Å². The van der Waals surface area contributed by atoms with E-state index in [1.807, 2.05) is 6.08 Å². The fourth-order valence-electron chi connectivity index (χ4n) is 1.48. The average molecular weight is 154 g/mol. The largest absolute Gasteiger partial charge is 0.327 e. The van der Waals surface area contributed by atoms with Crippen molar-refractivity contribution in [2.24, 2.45) is 5.73 Å². The van der Waals surface area contributed by atoms with Crippen molar-refractivity contribution in [3.8, 4) is 0 Å². The Bertz CT molecular complexity index is 115. The smallest absolute Gasteiger partial charge is 0.0106 e. The van der Waals surface area contributed by atoms with E-state index in [2.05, 4.69) is 11.0 Å². The van der Waals surface area contributed by atoms with Gasteiger partial charge in [-0.3, -0.25) is 0 Å². The van der Waals surface area contributed by atoms with Gasteiger partial charge in [0.25, 0.3) is 0 Å². The molecule has 1 saturated heterocycles. The monoisotopic (exact) mass is 154 g/mol. The first-order chi connectivity index (χ1) is 5.43. The number of hydrogen-bond acceptors (Lipinski definition) is 2. The van der Waals surface area contributed by atoms with Gasteiger partial charge in [0.2, 0.25) is 0 Å². The molecular weight excluding hydrogens is 136 g/mol. The van der Waals surface area contributed by atoms with Gasteiger partial charge < -0.3 is 10.6 Å². The maximum Gasteiger partial charge on any atom is 0.0106 e. The molecule has 1 fully saturated rings. The summed E-state index contributed by atoms with van der Waals surface area (Å²) in [4.78, 5) is 2.51. The van der Waals surface area contributed by atoms with Crippen LogP contribution in [-0.4, -0.2) is 31.1 Å². The van der Waals surface area contributed by atoms with E-state index in [9.17, 15) is 0 Å². The lowest BCUT2D eigenvalue weighted by molar-refractivity contribution is 0.346. The molecule has 0 spiro atoms. The molecule has 0 aromatic rings. The molecule has 1 aliphatic rings. The molecule has 2 nitrogen and oxygen atoms in total. The quantitative estimate of drug-likeness (QED) is 0.612. The highest BCUT2D eigenvalue weighted by Gasteiger charge is 2.08. The minimum Gasteiger partial charge on any atom is -0.327 e. The third-order valence-corrected chi connectivity index (χ3v) is 2.11. The summed E-state index contributed by atoms with van der Waals surface area (Å²) in [7, 11) is 0. The zero-order chi connectivity index (χ0) is 7.94. The first kappa shape index (κ1) is 8.75. The lowest BCUT2D eigenvalue weighted by atomic mass is 10.3. The lowest BCUT2D eigenvalue weighted by Crippen LogP contribution is -2.19. The molecular formula is C9H18N2.